The normalized spacial score (nSPS) is 21.6. The van der Waals surface area contributed by atoms with Crippen LogP contribution in [0.15, 0.2) is 10.9 Å². The summed E-state index contributed by atoms with van der Waals surface area (Å²) in [5.74, 6) is -0.509. The van der Waals surface area contributed by atoms with Crippen molar-refractivity contribution in [3.05, 3.63) is 12.2 Å². The van der Waals surface area contributed by atoms with Gasteiger partial charge in [0.1, 0.15) is 5.41 Å². The van der Waals surface area contributed by atoms with Crippen molar-refractivity contribution in [1.29, 1.82) is 0 Å². The first kappa shape index (κ1) is 12.8. The lowest BCUT2D eigenvalue weighted by Crippen LogP contribution is -2.63. The summed E-state index contributed by atoms with van der Waals surface area (Å²) in [6.07, 6.45) is 4.19. The number of nitrogens with zero attached hydrogens (tertiary/aromatic N) is 3. The number of hydrogen-bond acceptors (Lipinski definition) is 6. The Kier molecular flexibility index (Phi) is 3.00. The van der Waals surface area contributed by atoms with E-state index in [0.29, 0.717) is 18.7 Å². The minimum absolute atomic E-state index is 0.127. The Bertz CT molecular complexity index is 548. The van der Waals surface area contributed by atoms with Gasteiger partial charge in [0, 0.05) is 13.0 Å². The van der Waals surface area contributed by atoms with Crippen LogP contribution < -0.4 is 5.32 Å². The van der Waals surface area contributed by atoms with Crippen molar-refractivity contribution in [2.24, 2.45) is 5.41 Å². The molecular weight excluding hydrogens is 264 g/mol. The first-order valence-corrected chi connectivity index (χ1v) is 6.56. The molecule has 1 saturated heterocycles. The third kappa shape index (κ3) is 1.87. The van der Waals surface area contributed by atoms with E-state index in [1.165, 1.54) is 6.33 Å². The molecule has 1 N–H and O–H groups in total. The molecule has 2 fully saturated rings. The molecule has 1 aromatic heterocycles. The summed E-state index contributed by atoms with van der Waals surface area (Å²) in [5.41, 5.74) is -1.05. The van der Waals surface area contributed by atoms with Crippen LogP contribution in [0, 0.1) is 5.41 Å². The third-order valence-corrected chi connectivity index (χ3v) is 3.97. The Morgan fingerprint density at radius 1 is 1.30 bits per heavy atom. The fourth-order valence-electron chi connectivity index (χ4n) is 2.87. The molecule has 0 radical (unpaired) electrons. The van der Waals surface area contributed by atoms with Crippen LogP contribution in [-0.2, 0) is 16.0 Å². The first-order chi connectivity index (χ1) is 9.63. The third-order valence-electron chi connectivity index (χ3n) is 3.97. The summed E-state index contributed by atoms with van der Waals surface area (Å²) >= 11 is 0. The van der Waals surface area contributed by atoms with E-state index in [4.69, 9.17) is 4.52 Å². The lowest BCUT2D eigenvalue weighted by atomic mass is 9.82. The SMILES string of the molecule is O=C1NC(=O)C2(CCCC2)C(=O)N1CCc1ncno1. The number of carbonyl (C=O) groups excluding carboxylic acids is 3. The Morgan fingerprint density at radius 3 is 2.70 bits per heavy atom. The molecule has 1 spiro atoms. The molecular formula is C12H14N4O4. The zero-order valence-electron chi connectivity index (χ0n) is 10.8. The fourth-order valence-corrected chi connectivity index (χ4v) is 2.87. The van der Waals surface area contributed by atoms with Gasteiger partial charge >= 0.3 is 6.03 Å². The van der Waals surface area contributed by atoms with Crippen LogP contribution in [0.2, 0.25) is 0 Å². The number of nitrogens with one attached hydrogen (secondary N) is 1. The molecule has 0 bridgehead atoms. The van der Waals surface area contributed by atoms with Gasteiger partial charge in [0.25, 0.3) is 0 Å². The van der Waals surface area contributed by atoms with E-state index in [2.05, 4.69) is 15.5 Å². The van der Waals surface area contributed by atoms with E-state index in [0.717, 1.165) is 17.7 Å². The van der Waals surface area contributed by atoms with E-state index in [1.807, 2.05) is 0 Å². The maximum atomic E-state index is 12.5. The lowest BCUT2D eigenvalue weighted by molar-refractivity contribution is -0.151. The van der Waals surface area contributed by atoms with Crippen LogP contribution in [0.25, 0.3) is 0 Å². The predicted octanol–water partition coefficient (Wildman–Crippen LogP) is 0.251. The molecule has 4 amide bonds. The van der Waals surface area contributed by atoms with Gasteiger partial charge in [0.05, 0.1) is 0 Å². The number of aromatic nitrogens is 2. The van der Waals surface area contributed by atoms with Gasteiger partial charge in [-0.2, -0.15) is 4.98 Å². The predicted molar refractivity (Wildman–Crippen MR) is 64.2 cm³/mol. The minimum Gasteiger partial charge on any atom is -0.340 e. The Labute approximate surface area is 114 Å². The van der Waals surface area contributed by atoms with Gasteiger partial charge in [-0.1, -0.05) is 18.0 Å². The van der Waals surface area contributed by atoms with Crippen LogP contribution in [0.3, 0.4) is 0 Å². The van der Waals surface area contributed by atoms with Crippen molar-refractivity contribution in [3.8, 4) is 0 Å². The van der Waals surface area contributed by atoms with Crippen molar-refractivity contribution in [1.82, 2.24) is 20.4 Å². The number of hydrogen-bond donors (Lipinski definition) is 1. The Hall–Kier alpha value is -2.25. The number of urea groups is 1. The number of barbiturate groups is 1. The van der Waals surface area contributed by atoms with Gasteiger partial charge in [-0.15, -0.1) is 0 Å². The second-order valence-electron chi connectivity index (χ2n) is 5.09. The summed E-state index contributed by atoms with van der Waals surface area (Å²) < 4.78 is 4.84. The van der Waals surface area contributed by atoms with Crippen molar-refractivity contribution >= 4 is 17.8 Å². The fraction of sp³-hybridized carbons (Fsp3) is 0.583. The average Bonchev–Trinajstić information content (AvgIpc) is 3.09. The van der Waals surface area contributed by atoms with Gasteiger partial charge in [-0.25, -0.2) is 4.79 Å². The molecule has 1 aliphatic carbocycles. The zero-order chi connectivity index (χ0) is 14.2. The second kappa shape index (κ2) is 4.69. The van der Waals surface area contributed by atoms with Crippen LogP contribution in [0.4, 0.5) is 4.79 Å². The van der Waals surface area contributed by atoms with Crippen molar-refractivity contribution in [3.63, 3.8) is 0 Å². The molecule has 1 aliphatic heterocycles. The smallest absolute Gasteiger partial charge is 0.330 e. The quantitative estimate of drug-likeness (QED) is 0.794. The summed E-state index contributed by atoms with van der Waals surface area (Å²) in [6.45, 7) is 0.127. The van der Waals surface area contributed by atoms with Gasteiger partial charge in [0.2, 0.25) is 17.7 Å². The maximum absolute atomic E-state index is 12.5. The van der Waals surface area contributed by atoms with Crippen LogP contribution in [0.5, 0.6) is 0 Å². The molecule has 106 valence electrons. The van der Waals surface area contributed by atoms with E-state index in [9.17, 15) is 14.4 Å². The van der Waals surface area contributed by atoms with Crippen LogP contribution in [0.1, 0.15) is 31.6 Å². The average molecular weight is 278 g/mol. The summed E-state index contributed by atoms with van der Waals surface area (Å²) in [4.78, 5) is 41.2. The number of rotatable bonds is 3. The molecule has 2 heterocycles. The van der Waals surface area contributed by atoms with Crippen molar-refractivity contribution in [2.45, 2.75) is 32.1 Å². The van der Waals surface area contributed by atoms with Crippen molar-refractivity contribution < 1.29 is 18.9 Å². The molecule has 2 aliphatic rings. The topological polar surface area (TPSA) is 105 Å². The van der Waals surface area contributed by atoms with Gasteiger partial charge in [-0.05, 0) is 12.8 Å². The first-order valence-electron chi connectivity index (χ1n) is 6.56. The summed E-state index contributed by atoms with van der Waals surface area (Å²) in [5, 5.41) is 5.75. The van der Waals surface area contributed by atoms with E-state index >= 15 is 0 Å². The van der Waals surface area contributed by atoms with E-state index in [1.54, 1.807) is 0 Å². The van der Waals surface area contributed by atoms with Crippen LogP contribution in [-0.4, -0.2) is 39.4 Å². The molecule has 1 aromatic rings. The molecule has 3 rings (SSSR count). The van der Waals surface area contributed by atoms with E-state index < -0.39 is 23.3 Å². The number of carbonyl (C=O) groups is 3. The molecule has 8 heteroatoms. The maximum Gasteiger partial charge on any atom is 0.330 e. The van der Waals surface area contributed by atoms with Gasteiger partial charge in [0.15, 0.2) is 6.33 Å². The standard InChI is InChI=1S/C12H14N4O4/c17-9-12(4-1-2-5-12)10(18)16(11(19)15-9)6-3-8-13-7-14-20-8/h7H,1-6H2,(H,15,17,19). The Morgan fingerprint density at radius 2 is 2.05 bits per heavy atom. The van der Waals surface area contributed by atoms with Crippen LogP contribution >= 0.6 is 0 Å². The largest absolute Gasteiger partial charge is 0.340 e. The number of imide groups is 2. The monoisotopic (exact) mass is 278 g/mol. The second-order valence-corrected chi connectivity index (χ2v) is 5.09. The lowest BCUT2D eigenvalue weighted by Gasteiger charge is -2.36. The summed E-state index contributed by atoms with van der Waals surface area (Å²) in [7, 11) is 0. The highest BCUT2D eigenvalue weighted by Crippen LogP contribution is 2.41. The number of amides is 4. The van der Waals surface area contributed by atoms with E-state index in [-0.39, 0.29) is 13.0 Å². The Balaban J connectivity index is 1.77. The highest BCUT2D eigenvalue weighted by atomic mass is 16.5. The molecule has 0 unspecified atom stereocenters. The molecule has 8 nitrogen and oxygen atoms in total. The molecule has 1 saturated carbocycles. The summed E-state index contributed by atoms with van der Waals surface area (Å²) in [6, 6.07) is -0.669. The molecule has 20 heavy (non-hydrogen) atoms. The van der Waals surface area contributed by atoms with Gasteiger partial charge < -0.3 is 4.52 Å². The molecule has 0 atom stereocenters. The highest BCUT2D eigenvalue weighted by molar-refractivity contribution is 6.19. The van der Waals surface area contributed by atoms with Crippen molar-refractivity contribution in [2.75, 3.05) is 6.54 Å². The zero-order valence-corrected chi connectivity index (χ0v) is 10.8. The molecule has 0 aromatic carbocycles. The van der Waals surface area contributed by atoms with Gasteiger partial charge in [-0.3, -0.25) is 19.8 Å². The minimum atomic E-state index is -1.05. The highest BCUT2D eigenvalue weighted by Gasteiger charge is 2.54.